The first kappa shape index (κ1) is 24.4. The highest BCUT2D eigenvalue weighted by molar-refractivity contribution is 9.10. The first-order valence-corrected chi connectivity index (χ1v) is 12.8. The van der Waals surface area contributed by atoms with Crippen molar-refractivity contribution < 1.29 is 18.0 Å². The number of carbonyl (C=O) groups excluding carboxylic acids is 2. The third-order valence-corrected chi connectivity index (χ3v) is 7.47. The molecule has 1 aliphatic heterocycles. The number of fused-ring (bicyclic) bond motifs is 1. The van der Waals surface area contributed by atoms with Crippen LogP contribution in [-0.4, -0.2) is 32.8 Å². The predicted octanol–water partition coefficient (Wildman–Crippen LogP) is 4.00. The molecule has 0 bridgehead atoms. The molecule has 7 nitrogen and oxygen atoms in total. The molecule has 1 atom stereocenters. The lowest BCUT2D eigenvalue weighted by atomic mass is 10.0. The highest BCUT2D eigenvalue weighted by Crippen LogP contribution is 2.30. The molecule has 2 aromatic rings. The second kappa shape index (κ2) is 9.72. The summed E-state index contributed by atoms with van der Waals surface area (Å²) in [4.78, 5) is 26.5. The number of sulfonamides is 1. The summed E-state index contributed by atoms with van der Waals surface area (Å²) in [5.41, 5.74) is 3.15. The summed E-state index contributed by atoms with van der Waals surface area (Å²) < 4.78 is 29.6. The number of nitrogens with one attached hydrogen (secondary N) is 2. The predicted molar refractivity (Wildman–Crippen MR) is 129 cm³/mol. The number of halogens is 1. The molecule has 172 valence electrons. The highest BCUT2D eigenvalue weighted by Gasteiger charge is 2.29. The van der Waals surface area contributed by atoms with Crippen molar-refractivity contribution >= 4 is 49.1 Å². The van der Waals surface area contributed by atoms with Crippen LogP contribution in [0.5, 0.6) is 0 Å². The van der Waals surface area contributed by atoms with Gasteiger partial charge < -0.3 is 10.2 Å². The van der Waals surface area contributed by atoms with E-state index in [1.165, 1.54) is 13.0 Å². The number of carbonyl (C=O) groups is 2. The topological polar surface area (TPSA) is 95.6 Å². The van der Waals surface area contributed by atoms with Gasteiger partial charge in [-0.3, -0.25) is 9.59 Å². The molecule has 1 unspecified atom stereocenters. The summed E-state index contributed by atoms with van der Waals surface area (Å²) in [6, 6.07) is 9.31. The first-order valence-electron chi connectivity index (χ1n) is 10.5. The normalized spacial score (nSPS) is 14.4. The maximum Gasteiger partial charge on any atom is 0.242 e. The Hall–Kier alpha value is -2.23. The standard InChI is InChI=1S/C23H28BrN3O4S/c1-14(2)11-21(23(29)25-20-7-5-15(3)12-19(20)24)26-32(30,31)18-6-8-22-17(13-18)9-10-27(22)16(4)28/h5-8,12-14,21,26H,9-11H2,1-4H3,(H,25,29). The average Bonchev–Trinajstić information content (AvgIpc) is 3.12. The van der Waals surface area contributed by atoms with Crippen LogP contribution in [0.1, 0.15) is 38.3 Å². The van der Waals surface area contributed by atoms with Crippen LogP contribution >= 0.6 is 15.9 Å². The number of hydrogen-bond donors (Lipinski definition) is 2. The zero-order valence-corrected chi connectivity index (χ0v) is 21.0. The number of rotatable bonds is 7. The maximum atomic E-state index is 13.1. The van der Waals surface area contributed by atoms with Crippen LogP contribution in [0.25, 0.3) is 0 Å². The van der Waals surface area contributed by atoms with E-state index in [2.05, 4.69) is 26.0 Å². The summed E-state index contributed by atoms with van der Waals surface area (Å²) in [7, 11) is -3.94. The minimum absolute atomic E-state index is 0.0755. The molecule has 1 heterocycles. The number of anilines is 2. The molecule has 0 aromatic heterocycles. The number of benzene rings is 2. The van der Waals surface area contributed by atoms with Crippen molar-refractivity contribution in [3.8, 4) is 0 Å². The second-order valence-corrected chi connectivity index (χ2v) is 11.1. The van der Waals surface area contributed by atoms with Crippen LogP contribution in [0.3, 0.4) is 0 Å². The number of nitrogens with zero attached hydrogens (tertiary/aromatic N) is 1. The van der Waals surface area contributed by atoms with E-state index >= 15 is 0 Å². The Balaban J connectivity index is 1.83. The minimum atomic E-state index is -3.94. The maximum absolute atomic E-state index is 13.1. The Bertz CT molecular complexity index is 1150. The minimum Gasteiger partial charge on any atom is -0.324 e. The van der Waals surface area contributed by atoms with E-state index in [1.807, 2.05) is 32.9 Å². The molecule has 1 aliphatic rings. The summed E-state index contributed by atoms with van der Waals surface area (Å²) in [5.74, 6) is -0.400. The van der Waals surface area contributed by atoms with E-state index in [0.29, 0.717) is 25.1 Å². The summed E-state index contributed by atoms with van der Waals surface area (Å²) in [6.07, 6.45) is 0.938. The molecule has 0 fully saturated rings. The molecule has 2 aromatic carbocycles. The molecule has 0 spiro atoms. The van der Waals surface area contributed by atoms with Crippen molar-refractivity contribution in [3.63, 3.8) is 0 Å². The van der Waals surface area contributed by atoms with Crippen LogP contribution in [0.2, 0.25) is 0 Å². The van der Waals surface area contributed by atoms with Gasteiger partial charge in [0.1, 0.15) is 6.04 Å². The van der Waals surface area contributed by atoms with Crippen molar-refractivity contribution in [2.24, 2.45) is 5.92 Å². The summed E-state index contributed by atoms with van der Waals surface area (Å²) in [6.45, 7) is 7.83. The third kappa shape index (κ3) is 5.57. The van der Waals surface area contributed by atoms with E-state index in [0.717, 1.165) is 21.3 Å². The van der Waals surface area contributed by atoms with Crippen LogP contribution in [0.15, 0.2) is 45.8 Å². The quantitative estimate of drug-likeness (QED) is 0.575. The molecule has 0 aliphatic carbocycles. The largest absolute Gasteiger partial charge is 0.324 e. The lowest BCUT2D eigenvalue weighted by Crippen LogP contribution is -2.44. The highest BCUT2D eigenvalue weighted by atomic mass is 79.9. The number of hydrogen-bond acceptors (Lipinski definition) is 4. The van der Waals surface area contributed by atoms with Gasteiger partial charge in [-0.1, -0.05) is 19.9 Å². The first-order chi connectivity index (χ1) is 15.0. The fourth-order valence-electron chi connectivity index (χ4n) is 3.75. The van der Waals surface area contributed by atoms with E-state index in [9.17, 15) is 18.0 Å². The van der Waals surface area contributed by atoms with Gasteiger partial charge in [0.25, 0.3) is 0 Å². The number of amides is 2. The van der Waals surface area contributed by atoms with Gasteiger partial charge in [-0.05, 0) is 83.1 Å². The van der Waals surface area contributed by atoms with Crippen LogP contribution in [-0.2, 0) is 26.0 Å². The van der Waals surface area contributed by atoms with Crippen LogP contribution < -0.4 is 14.9 Å². The molecule has 0 saturated heterocycles. The fraction of sp³-hybridized carbons (Fsp3) is 0.391. The summed E-state index contributed by atoms with van der Waals surface area (Å²) in [5, 5.41) is 2.82. The Kier molecular flexibility index (Phi) is 7.42. The van der Waals surface area contributed by atoms with E-state index in [4.69, 9.17) is 0 Å². The molecule has 0 saturated carbocycles. The number of aryl methyl sites for hydroxylation is 1. The van der Waals surface area contributed by atoms with Crippen molar-refractivity contribution in [1.29, 1.82) is 0 Å². The van der Waals surface area contributed by atoms with Gasteiger partial charge in [-0.15, -0.1) is 0 Å². The smallest absolute Gasteiger partial charge is 0.242 e. The van der Waals surface area contributed by atoms with Crippen molar-refractivity contribution in [1.82, 2.24) is 4.72 Å². The Labute approximate surface area is 197 Å². The molecule has 9 heteroatoms. The van der Waals surface area contributed by atoms with Crippen LogP contribution in [0, 0.1) is 12.8 Å². The average molecular weight is 522 g/mol. The summed E-state index contributed by atoms with van der Waals surface area (Å²) >= 11 is 3.44. The van der Waals surface area contributed by atoms with Gasteiger partial charge in [0.15, 0.2) is 0 Å². The monoisotopic (exact) mass is 521 g/mol. The van der Waals surface area contributed by atoms with Gasteiger partial charge in [0.2, 0.25) is 21.8 Å². The Morgan fingerprint density at radius 1 is 1.16 bits per heavy atom. The van der Waals surface area contributed by atoms with E-state index in [1.54, 1.807) is 23.1 Å². The van der Waals surface area contributed by atoms with Crippen molar-refractivity contribution in [3.05, 3.63) is 52.0 Å². The fourth-order valence-corrected chi connectivity index (χ4v) is 5.60. The van der Waals surface area contributed by atoms with Crippen molar-refractivity contribution in [2.45, 2.75) is 51.5 Å². The SMILES string of the molecule is CC(=O)N1CCc2cc(S(=O)(=O)NC(CC(C)C)C(=O)Nc3ccc(C)cc3Br)ccc21. The lowest BCUT2D eigenvalue weighted by Gasteiger charge is -2.21. The molecule has 2 amide bonds. The molecule has 0 radical (unpaired) electrons. The van der Waals surface area contributed by atoms with Crippen molar-refractivity contribution in [2.75, 3.05) is 16.8 Å². The Morgan fingerprint density at radius 2 is 1.88 bits per heavy atom. The molecule has 2 N–H and O–H groups in total. The lowest BCUT2D eigenvalue weighted by molar-refractivity contribution is -0.118. The van der Waals surface area contributed by atoms with Gasteiger partial charge >= 0.3 is 0 Å². The second-order valence-electron chi connectivity index (χ2n) is 8.49. The van der Waals surface area contributed by atoms with Gasteiger partial charge in [-0.25, -0.2) is 8.42 Å². The molecular formula is C23H28BrN3O4S. The Morgan fingerprint density at radius 3 is 2.50 bits per heavy atom. The zero-order chi connectivity index (χ0) is 23.6. The van der Waals surface area contributed by atoms with Gasteiger partial charge in [-0.2, -0.15) is 4.72 Å². The zero-order valence-electron chi connectivity index (χ0n) is 18.6. The molecular weight excluding hydrogens is 494 g/mol. The molecule has 3 rings (SSSR count). The van der Waals surface area contributed by atoms with E-state index < -0.39 is 22.0 Å². The van der Waals surface area contributed by atoms with Crippen LogP contribution in [0.4, 0.5) is 11.4 Å². The molecule has 32 heavy (non-hydrogen) atoms. The van der Waals surface area contributed by atoms with Gasteiger partial charge in [0.05, 0.1) is 10.6 Å². The van der Waals surface area contributed by atoms with E-state index in [-0.39, 0.29) is 16.7 Å². The van der Waals surface area contributed by atoms with Gasteiger partial charge in [0, 0.05) is 23.6 Å². The third-order valence-electron chi connectivity index (χ3n) is 5.34.